The maximum absolute atomic E-state index is 11.8. The van der Waals surface area contributed by atoms with Crippen LogP contribution in [0, 0.1) is 13.8 Å². The number of benzene rings is 1. The van der Waals surface area contributed by atoms with Crippen LogP contribution in [-0.2, 0) is 4.79 Å². The van der Waals surface area contributed by atoms with Crippen molar-refractivity contribution >= 4 is 40.4 Å². The third kappa shape index (κ3) is 4.31. The van der Waals surface area contributed by atoms with Gasteiger partial charge in [-0.05, 0) is 43.7 Å². The SMILES string of the molecule is Cc1ccc(NC(=O)CNC(=O)c2ccc(C)s2)c(Cl)c1. The Morgan fingerprint density at radius 2 is 1.95 bits per heavy atom. The molecule has 0 fully saturated rings. The fourth-order valence-corrected chi connectivity index (χ4v) is 2.79. The number of aryl methyl sites for hydroxylation is 2. The molecule has 0 unspecified atom stereocenters. The monoisotopic (exact) mass is 322 g/mol. The summed E-state index contributed by atoms with van der Waals surface area (Å²) in [5.41, 5.74) is 1.55. The standard InChI is InChI=1S/C15H15ClN2O2S/c1-9-3-5-12(11(16)7-9)18-14(19)8-17-15(20)13-6-4-10(2)21-13/h3-7H,8H2,1-2H3,(H,17,20)(H,18,19). The second kappa shape index (κ2) is 6.74. The third-order valence-corrected chi connectivity index (χ3v) is 4.08. The summed E-state index contributed by atoms with van der Waals surface area (Å²) < 4.78 is 0. The molecule has 0 atom stereocenters. The van der Waals surface area contributed by atoms with Crippen molar-refractivity contribution in [2.45, 2.75) is 13.8 Å². The second-order valence-electron chi connectivity index (χ2n) is 4.62. The molecule has 0 aliphatic heterocycles. The summed E-state index contributed by atoms with van der Waals surface area (Å²) in [6.45, 7) is 3.74. The zero-order valence-electron chi connectivity index (χ0n) is 11.7. The minimum atomic E-state index is -0.317. The summed E-state index contributed by atoms with van der Waals surface area (Å²) in [6, 6.07) is 8.97. The Hall–Kier alpha value is -1.85. The van der Waals surface area contributed by atoms with Crippen molar-refractivity contribution in [3.05, 3.63) is 50.7 Å². The number of thiophene rings is 1. The Kier molecular flexibility index (Phi) is 4.98. The summed E-state index contributed by atoms with van der Waals surface area (Å²) >= 11 is 7.43. The molecule has 0 radical (unpaired) electrons. The average molecular weight is 323 g/mol. The molecule has 2 aromatic rings. The van der Waals surface area contributed by atoms with Gasteiger partial charge in [0.15, 0.2) is 0 Å². The lowest BCUT2D eigenvalue weighted by atomic mass is 10.2. The maximum Gasteiger partial charge on any atom is 0.261 e. The van der Waals surface area contributed by atoms with E-state index in [4.69, 9.17) is 11.6 Å². The first kappa shape index (κ1) is 15.5. The lowest BCUT2D eigenvalue weighted by Crippen LogP contribution is -2.32. The first-order valence-electron chi connectivity index (χ1n) is 6.36. The van der Waals surface area contributed by atoms with Crippen LogP contribution in [0.25, 0.3) is 0 Å². The molecule has 6 heteroatoms. The zero-order chi connectivity index (χ0) is 15.4. The Morgan fingerprint density at radius 3 is 2.57 bits per heavy atom. The van der Waals surface area contributed by atoms with Crippen LogP contribution in [0.1, 0.15) is 20.1 Å². The number of carbonyl (C=O) groups is 2. The average Bonchev–Trinajstić information content (AvgIpc) is 2.86. The highest BCUT2D eigenvalue weighted by Gasteiger charge is 2.11. The molecule has 0 spiro atoms. The van der Waals surface area contributed by atoms with Crippen molar-refractivity contribution < 1.29 is 9.59 Å². The predicted molar refractivity (Wildman–Crippen MR) is 86.2 cm³/mol. The van der Waals surface area contributed by atoms with Gasteiger partial charge in [0.2, 0.25) is 5.91 Å². The van der Waals surface area contributed by atoms with Crippen molar-refractivity contribution in [2.24, 2.45) is 0 Å². The van der Waals surface area contributed by atoms with Crippen LogP contribution < -0.4 is 10.6 Å². The fraction of sp³-hybridized carbons (Fsp3) is 0.200. The molecular weight excluding hydrogens is 308 g/mol. The van der Waals surface area contributed by atoms with E-state index in [1.165, 1.54) is 11.3 Å². The number of amides is 2. The number of halogens is 1. The molecule has 110 valence electrons. The second-order valence-corrected chi connectivity index (χ2v) is 6.32. The van der Waals surface area contributed by atoms with Crippen LogP contribution in [0.4, 0.5) is 5.69 Å². The molecule has 0 saturated heterocycles. The Morgan fingerprint density at radius 1 is 1.19 bits per heavy atom. The smallest absolute Gasteiger partial charge is 0.261 e. The minimum Gasteiger partial charge on any atom is -0.342 e. The Balaban J connectivity index is 1.89. The van der Waals surface area contributed by atoms with E-state index in [1.54, 1.807) is 18.2 Å². The largest absolute Gasteiger partial charge is 0.342 e. The van der Waals surface area contributed by atoms with Crippen molar-refractivity contribution in [3.63, 3.8) is 0 Å². The van der Waals surface area contributed by atoms with E-state index < -0.39 is 0 Å². The highest BCUT2D eigenvalue weighted by molar-refractivity contribution is 7.13. The number of nitrogens with one attached hydrogen (secondary N) is 2. The molecule has 0 aliphatic carbocycles. The molecule has 2 amide bonds. The molecule has 0 saturated carbocycles. The predicted octanol–water partition coefficient (Wildman–Crippen LogP) is 3.39. The van der Waals surface area contributed by atoms with Gasteiger partial charge in [0.25, 0.3) is 5.91 Å². The molecule has 1 heterocycles. The fourth-order valence-electron chi connectivity index (χ4n) is 1.72. The van der Waals surface area contributed by atoms with Crippen molar-refractivity contribution in [1.82, 2.24) is 5.32 Å². The van der Waals surface area contributed by atoms with Crippen molar-refractivity contribution in [3.8, 4) is 0 Å². The van der Waals surface area contributed by atoms with Gasteiger partial charge in [-0.25, -0.2) is 0 Å². The van der Waals surface area contributed by atoms with E-state index in [-0.39, 0.29) is 18.4 Å². The van der Waals surface area contributed by atoms with E-state index in [2.05, 4.69) is 10.6 Å². The van der Waals surface area contributed by atoms with Gasteiger partial charge in [-0.2, -0.15) is 0 Å². The lowest BCUT2D eigenvalue weighted by Gasteiger charge is -2.08. The van der Waals surface area contributed by atoms with Crippen LogP contribution in [0.2, 0.25) is 5.02 Å². The molecule has 21 heavy (non-hydrogen) atoms. The van der Waals surface area contributed by atoms with Crippen LogP contribution in [0.3, 0.4) is 0 Å². The van der Waals surface area contributed by atoms with Crippen LogP contribution in [0.15, 0.2) is 30.3 Å². The van der Waals surface area contributed by atoms with Gasteiger partial charge in [-0.3, -0.25) is 9.59 Å². The van der Waals surface area contributed by atoms with Gasteiger partial charge in [0.1, 0.15) is 0 Å². The van der Waals surface area contributed by atoms with Gasteiger partial charge in [-0.1, -0.05) is 17.7 Å². The summed E-state index contributed by atoms with van der Waals surface area (Å²) in [5, 5.41) is 5.72. The summed E-state index contributed by atoms with van der Waals surface area (Å²) in [5.74, 6) is -0.569. The molecule has 1 aromatic carbocycles. The quantitative estimate of drug-likeness (QED) is 0.906. The topological polar surface area (TPSA) is 58.2 Å². The number of anilines is 1. The normalized spacial score (nSPS) is 10.2. The van der Waals surface area contributed by atoms with E-state index in [9.17, 15) is 9.59 Å². The van der Waals surface area contributed by atoms with Gasteiger partial charge in [0, 0.05) is 4.88 Å². The van der Waals surface area contributed by atoms with Crippen LogP contribution in [0.5, 0.6) is 0 Å². The Labute approximate surface area is 132 Å². The third-order valence-electron chi connectivity index (χ3n) is 2.77. The van der Waals surface area contributed by atoms with Crippen LogP contribution in [-0.4, -0.2) is 18.4 Å². The van der Waals surface area contributed by atoms with Gasteiger partial charge < -0.3 is 10.6 Å². The van der Waals surface area contributed by atoms with Crippen molar-refractivity contribution in [2.75, 3.05) is 11.9 Å². The molecule has 2 N–H and O–H groups in total. The number of hydrogen-bond donors (Lipinski definition) is 2. The van der Waals surface area contributed by atoms with E-state index in [1.807, 2.05) is 26.0 Å². The zero-order valence-corrected chi connectivity index (χ0v) is 13.3. The molecule has 2 rings (SSSR count). The molecule has 0 aliphatic rings. The highest BCUT2D eigenvalue weighted by atomic mass is 35.5. The van der Waals surface area contributed by atoms with Gasteiger partial charge in [-0.15, -0.1) is 11.3 Å². The molecule has 0 bridgehead atoms. The summed E-state index contributed by atoms with van der Waals surface area (Å²) in [7, 11) is 0. The molecular formula is C15H15ClN2O2S. The number of rotatable bonds is 4. The summed E-state index contributed by atoms with van der Waals surface area (Å²) in [6.07, 6.45) is 0. The minimum absolute atomic E-state index is 0.0972. The molecule has 1 aromatic heterocycles. The van der Waals surface area contributed by atoms with E-state index in [0.29, 0.717) is 15.6 Å². The van der Waals surface area contributed by atoms with Crippen LogP contribution >= 0.6 is 22.9 Å². The number of hydrogen-bond acceptors (Lipinski definition) is 3. The highest BCUT2D eigenvalue weighted by Crippen LogP contribution is 2.22. The number of carbonyl (C=O) groups excluding carboxylic acids is 2. The first-order chi connectivity index (χ1) is 9.95. The first-order valence-corrected chi connectivity index (χ1v) is 7.56. The van der Waals surface area contributed by atoms with Gasteiger partial charge in [0.05, 0.1) is 22.1 Å². The molecule has 4 nitrogen and oxygen atoms in total. The maximum atomic E-state index is 11.8. The van der Waals surface area contributed by atoms with Gasteiger partial charge >= 0.3 is 0 Å². The summed E-state index contributed by atoms with van der Waals surface area (Å²) in [4.78, 5) is 25.3. The van der Waals surface area contributed by atoms with Crippen molar-refractivity contribution in [1.29, 1.82) is 0 Å². The Bertz CT molecular complexity index is 682. The van der Waals surface area contributed by atoms with E-state index in [0.717, 1.165) is 10.4 Å². The lowest BCUT2D eigenvalue weighted by molar-refractivity contribution is -0.115. The van der Waals surface area contributed by atoms with E-state index >= 15 is 0 Å².